The van der Waals surface area contributed by atoms with Crippen LogP contribution in [-0.4, -0.2) is 85.5 Å². The summed E-state index contributed by atoms with van der Waals surface area (Å²) in [6, 6.07) is 11.0. The van der Waals surface area contributed by atoms with Gasteiger partial charge in [-0.05, 0) is 44.2 Å². The van der Waals surface area contributed by atoms with Gasteiger partial charge in [0.15, 0.2) is 11.5 Å². The maximum Gasteiger partial charge on any atom is 0.254 e. The molecule has 1 aliphatic rings. The van der Waals surface area contributed by atoms with Crippen LogP contribution < -0.4 is 24.2 Å². The van der Waals surface area contributed by atoms with Gasteiger partial charge in [0.25, 0.3) is 5.91 Å². The molecule has 1 saturated heterocycles. The average Bonchev–Trinajstić information content (AvgIpc) is 3.34. The van der Waals surface area contributed by atoms with E-state index in [1.54, 1.807) is 49.5 Å². The highest BCUT2D eigenvalue weighted by molar-refractivity contribution is 7.89. The van der Waals surface area contributed by atoms with Crippen LogP contribution in [0.4, 0.5) is 0 Å². The number of hydrogen-bond acceptors (Lipinski definition) is 8. The van der Waals surface area contributed by atoms with Gasteiger partial charge in [-0.1, -0.05) is 6.07 Å². The van der Waals surface area contributed by atoms with Gasteiger partial charge in [-0.2, -0.15) is 0 Å². The average molecular weight is 550 g/mol. The number of hydrogen-bond donors (Lipinski definition) is 2. The second-order valence-electron chi connectivity index (χ2n) is 9.44. The number of nitrogens with zero attached hydrogens (tertiary/aromatic N) is 1. The third-order valence-electron chi connectivity index (χ3n) is 6.47. The van der Waals surface area contributed by atoms with Crippen LogP contribution in [0.3, 0.4) is 0 Å². The van der Waals surface area contributed by atoms with E-state index in [1.165, 1.54) is 19.2 Å². The molecule has 1 fully saturated rings. The minimum absolute atomic E-state index is 0.105. The number of rotatable bonds is 14. The Balaban J connectivity index is 1.75. The SMILES string of the molecule is COCCCOc1cc(C(=O)N(C[C@H]2CNCC2NS(=O)(=O)c2cccc(OC)c2)C(C)C)ccc1OC. The summed E-state index contributed by atoms with van der Waals surface area (Å²) >= 11 is 0. The summed E-state index contributed by atoms with van der Waals surface area (Å²) in [5, 5.41) is 3.26. The van der Waals surface area contributed by atoms with E-state index in [4.69, 9.17) is 18.9 Å². The Morgan fingerprint density at radius 1 is 1.05 bits per heavy atom. The molecule has 1 aliphatic heterocycles. The highest BCUT2D eigenvalue weighted by Gasteiger charge is 2.34. The van der Waals surface area contributed by atoms with E-state index in [0.717, 1.165) is 0 Å². The molecule has 1 amide bonds. The summed E-state index contributed by atoms with van der Waals surface area (Å²) in [7, 11) is 0.904. The molecule has 0 radical (unpaired) electrons. The second kappa shape index (κ2) is 13.8. The topological polar surface area (TPSA) is 115 Å². The number of methoxy groups -OCH3 is 3. The van der Waals surface area contributed by atoms with Gasteiger partial charge in [-0.25, -0.2) is 13.1 Å². The Morgan fingerprint density at radius 3 is 2.53 bits per heavy atom. The molecule has 0 aliphatic carbocycles. The van der Waals surface area contributed by atoms with Crippen LogP contribution in [0.1, 0.15) is 30.6 Å². The lowest BCUT2D eigenvalue weighted by atomic mass is 10.0. The molecule has 2 aromatic carbocycles. The van der Waals surface area contributed by atoms with Gasteiger partial charge in [0.2, 0.25) is 10.0 Å². The summed E-state index contributed by atoms with van der Waals surface area (Å²) in [5.74, 6) is 1.22. The van der Waals surface area contributed by atoms with Gasteiger partial charge >= 0.3 is 0 Å². The van der Waals surface area contributed by atoms with Crippen molar-refractivity contribution in [1.82, 2.24) is 14.9 Å². The van der Waals surface area contributed by atoms with Crippen molar-refractivity contribution in [3.8, 4) is 17.2 Å². The fourth-order valence-corrected chi connectivity index (χ4v) is 5.69. The highest BCUT2D eigenvalue weighted by atomic mass is 32.2. The first-order valence-electron chi connectivity index (χ1n) is 12.7. The van der Waals surface area contributed by atoms with Crippen molar-refractivity contribution in [2.45, 2.75) is 37.2 Å². The zero-order valence-electron chi connectivity index (χ0n) is 22.7. The van der Waals surface area contributed by atoms with Gasteiger partial charge in [0.1, 0.15) is 5.75 Å². The van der Waals surface area contributed by atoms with Crippen LogP contribution in [0.5, 0.6) is 17.2 Å². The fourth-order valence-electron chi connectivity index (χ4n) is 4.35. The van der Waals surface area contributed by atoms with E-state index >= 15 is 0 Å². The number of nitrogens with one attached hydrogen (secondary N) is 2. The van der Waals surface area contributed by atoms with Crippen LogP contribution in [0.15, 0.2) is 47.4 Å². The zero-order valence-corrected chi connectivity index (χ0v) is 23.5. The Labute approximate surface area is 225 Å². The van der Waals surface area contributed by atoms with Crippen LogP contribution in [0.25, 0.3) is 0 Å². The molecule has 2 N–H and O–H groups in total. The predicted molar refractivity (Wildman–Crippen MR) is 145 cm³/mol. The van der Waals surface area contributed by atoms with Crippen molar-refractivity contribution < 1.29 is 32.2 Å². The van der Waals surface area contributed by atoms with Crippen molar-refractivity contribution in [1.29, 1.82) is 0 Å². The summed E-state index contributed by atoms with van der Waals surface area (Å²) in [4.78, 5) is 15.5. The zero-order chi connectivity index (χ0) is 27.7. The van der Waals surface area contributed by atoms with Crippen LogP contribution >= 0.6 is 0 Å². The maximum absolute atomic E-state index is 13.6. The van der Waals surface area contributed by atoms with E-state index in [0.29, 0.717) is 62.1 Å². The monoisotopic (exact) mass is 549 g/mol. The normalized spacial score (nSPS) is 17.4. The molecule has 2 aromatic rings. The third kappa shape index (κ3) is 7.59. The molecular formula is C27H39N3O7S. The molecule has 210 valence electrons. The Kier molecular flexibility index (Phi) is 10.8. The standard InChI is InChI=1S/C27H39N3O7S/c1-19(2)30(27(31)20-10-11-25(36-5)26(14-20)37-13-7-12-34-3)18-21-16-28-17-24(21)29-38(32,33)23-9-6-8-22(15-23)35-4/h6,8-11,14-15,19,21,24,28-29H,7,12-13,16-18H2,1-5H3/t21-,24?/m1/s1. The van der Waals surface area contributed by atoms with E-state index in [2.05, 4.69) is 10.0 Å². The van der Waals surface area contributed by atoms with E-state index in [1.807, 2.05) is 13.8 Å². The first-order valence-corrected chi connectivity index (χ1v) is 14.2. The third-order valence-corrected chi connectivity index (χ3v) is 7.96. The number of carbonyl (C=O) groups is 1. The number of sulfonamides is 1. The molecule has 0 saturated carbocycles. The predicted octanol–water partition coefficient (Wildman–Crippen LogP) is 2.54. The highest BCUT2D eigenvalue weighted by Crippen LogP contribution is 2.29. The van der Waals surface area contributed by atoms with E-state index in [9.17, 15) is 13.2 Å². The first-order chi connectivity index (χ1) is 18.2. The van der Waals surface area contributed by atoms with Gasteiger partial charge in [0, 0.05) is 69.4 Å². The van der Waals surface area contributed by atoms with Crippen molar-refractivity contribution in [3.05, 3.63) is 48.0 Å². The molecule has 2 atom stereocenters. The van der Waals surface area contributed by atoms with Gasteiger partial charge in [0.05, 0.1) is 25.7 Å². The largest absolute Gasteiger partial charge is 0.497 e. The quantitative estimate of drug-likeness (QED) is 0.346. The Morgan fingerprint density at radius 2 is 1.84 bits per heavy atom. The molecule has 0 bridgehead atoms. The molecular weight excluding hydrogens is 510 g/mol. The number of benzene rings is 2. The van der Waals surface area contributed by atoms with Crippen molar-refractivity contribution in [2.24, 2.45) is 5.92 Å². The Hall–Kier alpha value is -2.86. The molecule has 1 heterocycles. The van der Waals surface area contributed by atoms with Crippen molar-refractivity contribution >= 4 is 15.9 Å². The smallest absolute Gasteiger partial charge is 0.254 e. The van der Waals surface area contributed by atoms with Crippen molar-refractivity contribution in [3.63, 3.8) is 0 Å². The summed E-state index contributed by atoms with van der Waals surface area (Å²) in [5.41, 5.74) is 0.473. The summed E-state index contributed by atoms with van der Waals surface area (Å²) in [6.45, 7) is 6.32. The van der Waals surface area contributed by atoms with Crippen LogP contribution in [0.2, 0.25) is 0 Å². The maximum atomic E-state index is 13.6. The lowest BCUT2D eigenvalue weighted by Crippen LogP contribution is -2.47. The molecule has 3 rings (SSSR count). The van der Waals surface area contributed by atoms with Crippen LogP contribution in [-0.2, 0) is 14.8 Å². The molecule has 11 heteroatoms. The lowest BCUT2D eigenvalue weighted by molar-refractivity contribution is 0.0671. The second-order valence-corrected chi connectivity index (χ2v) is 11.2. The Bertz CT molecular complexity index is 1170. The fraction of sp³-hybridized carbons (Fsp3) is 0.519. The minimum atomic E-state index is -3.78. The number of ether oxygens (including phenoxy) is 4. The minimum Gasteiger partial charge on any atom is -0.497 e. The van der Waals surface area contributed by atoms with Gasteiger partial charge in [-0.3, -0.25) is 4.79 Å². The molecule has 10 nitrogen and oxygen atoms in total. The molecule has 38 heavy (non-hydrogen) atoms. The first kappa shape index (κ1) is 29.7. The van der Waals surface area contributed by atoms with Crippen molar-refractivity contribution in [2.75, 3.05) is 54.2 Å². The molecule has 1 unspecified atom stereocenters. The van der Waals surface area contributed by atoms with Crippen LogP contribution in [0, 0.1) is 5.92 Å². The molecule has 0 aromatic heterocycles. The van der Waals surface area contributed by atoms with Gasteiger partial charge < -0.3 is 29.2 Å². The molecule has 0 spiro atoms. The lowest BCUT2D eigenvalue weighted by Gasteiger charge is -2.32. The van der Waals surface area contributed by atoms with E-state index < -0.39 is 10.0 Å². The van der Waals surface area contributed by atoms with Gasteiger partial charge in [-0.15, -0.1) is 0 Å². The summed E-state index contributed by atoms with van der Waals surface area (Å²) in [6.07, 6.45) is 0.706. The number of amides is 1. The summed E-state index contributed by atoms with van der Waals surface area (Å²) < 4.78 is 50.5. The van der Waals surface area contributed by atoms with E-state index in [-0.39, 0.29) is 28.8 Å². The number of carbonyl (C=O) groups excluding carboxylic acids is 1.